The number of aromatic nitrogens is 3. The van der Waals surface area contributed by atoms with Crippen LogP contribution in [0.2, 0.25) is 0 Å². The number of carbonyl (C=O) groups is 10. The molecular formula is C80H140N14O23. The second kappa shape index (κ2) is 55.4. The number of hydrogen-bond acceptors (Lipinski definition) is 26. The Balaban J connectivity index is 1.37. The van der Waals surface area contributed by atoms with E-state index in [4.69, 9.17) is 44.6 Å². The third-order valence-corrected chi connectivity index (χ3v) is 20.7. The molecule has 0 radical (unpaired) electrons. The van der Waals surface area contributed by atoms with E-state index in [2.05, 4.69) is 42.2 Å². The van der Waals surface area contributed by atoms with Gasteiger partial charge in [0, 0.05) is 53.7 Å². The van der Waals surface area contributed by atoms with E-state index in [0.29, 0.717) is 63.9 Å². The summed E-state index contributed by atoms with van der Waals surface area (Å²) in [5.41, 5.74) is 12.6. The van der Waals surface area contributed by atoms with Gasteiger partial charge in [-0.25, -0.2) is 9.48 Å². The van der Waals surface area contributed by atoms with E-state index < -0.39 is 169 Å². The molecule has 1 aliphatic rings. The van der Waals surface area contributed by atoms with E-state index in [1.54, 1.807) is 84.1 Å². The van der Waals surface area contributed by atoms with Crippen LogP contribution >= 0.6 is 0 Å². The molecule has 3 rings (SSSR count). The van der Waals surface area contributed by atoms with Crippen LogP contribution in [0.15, 0.2) is 36.5 Å². The number of carboxylic acid groups (broad SMARTS) is 1. The number of unbranched alkanes of at least 4 members (excludes halogenated alkanes) is 1. The van der Waals surface area contributed by atoms with E-state index >= 15 is 0 Å². The summed E-state index contributed by atoms with van der Waals surface area (Å²) in [6.45, 7) is 21.5. The zero-order chi connectivity index (χ0) is 87.6. The van der Waals surface area contributed by atoms with Gasteiger partial charge in [-0.2, -0.15) is 0 Å². The summed E-state index contributed by atoms with van der Waals surface area (Å²) < 4.78 is 41.4. The summed E-state index contributed by atoms with van der Waals surface area (Å²) in [7, 11) is 6.09. The molecule has 17 unspecified atom stereocenters. The summed E-state index contributed by atoms with van der Waals surface area (Å²) in [5, 5.41) is 88.3. The Morgan fingerprint density at radius 2 is 1.25 bits per heavy atom. The lowest BCUT2D eigenvalue weighted by Crippen LogP contribution is -2.60. The number of likely N-dealkylation sites (tertiary alicyclic amines) is 1. The van der Waals surface area contributed by atoms with Crippen molar-refractivity contribution in [2.24, 2.45) is 47.0 Å². The lowest BCUT2D eigenvalue weighted by Gasteiger charge is -2.41. The molecule has 1 aromatic heterocycles. The fourth-order valence-electron chi connectivity index (χ4n) is 14.0. The average molecular weight is 1670 g/mol. The molecule has 0 bridgehead atoms. The SMILES string of the molecule is CCC(C)C(C(CC(=O)N1CCCC1C(OC)C(C)C(=O)NC(Cc1ccccc1)C(=O)O)OC)N(C)C(=O)C(NC(=O)C(C(C)C)N(C)CC(O)C(O)C(O)C(O)COCc1cn(CCOCCOCCOCCOCCC(=O)NCCCCC(NC(=O)C(CO)NC(=O)C(N)CC(C)C)C(=O)NC(CC(C)C)C(N)=O)nn1)C(C)C. The number of likely N-dealkylation sites (N-methyl/N-ethyl adjacent to an activating group) is 2. The number of primary amides is 1. The second-order valence-corrected chi connectivity index (χ2v) is 31.8. The Morgan fingerprint density at radius 1 is 0.667 bits per heavy atom. The molecule has 0 spiro atoms. The first-order valence-electron chi connectivity index (χ1n) is 41.0. The molecule has 117 heavy (non-hydrogen) atoms. The molecule has 9 amide bonds. The summed E-state index contributed by atoms with van der Waals surface area (Å²) >= 11 is 0. The van der Waals surface area contributed by atoms with E-state index in [1.165, 1.54) is 28.7 Å². The molecule has 1 fully saturated rings. The minimum atomic E-state index is -1.89. The van der Waals surface area contributed by atoms with Gasteiger partial charge in [-0.05, 0) is 87.1 Å². The number of methoxy groups -OCH3 is 2. The van der Waals surface area contributed by atoms with Crippen molar-refractivity contribution < 1.29 is 112 Å². The molecule has 1 aliphatic heterocycles. The highest BCUT2D eigenvalue weighted by molar-refractivity contribution is 5.95. The smallest absolute Gasteiger partial charge is 0.326 e. The fraction of sp³-hybridized carbons (Fsp3) is 0.775. The maximum Gasteiger partial charge on any atom is 0.326 e. The molecule has 1 saturated heterocycles. The van der Waals surface area contributed by atoms with Crippen molar-refractivity contribution in [2.75, 3.05) is 114 Å². The third-order valence-electron chi connectivity index (χ3n) is 20.7. The first kappa shape index (κ1) is 104. The highest BCUT2D eigenvalue weighted by Gasteiger charge is 2.45. The summed E-state index contributed by atoms with van der Waals surface area (Å²) in [6, 6.07) is 0.0619. The van der Waals surface area contributed by atoms with Crippen LogP contribution in [0.5, 0.6) is 0 Å². The third kappa shape index (κ3) is 36.9. The predicted molar refractivity (Wildman–Crippen MR) is 431 cm³/mol. The molecule has 17 atom stereocenters. The topological polar surface area (TPSA) is 521 Å². The van der Waals surface area contributed by atoms with E-state index in [1.807, 2.05) is 47.6 Å². The van der Waals surface area contributed by atoms with E-state index in [-0.39, 0.29) is 128 Å². The number of nitrogens with zero attached hydrogens (tertiary/aromatic N) is 6. The molecule has 37 nitrogen and oxygen atoms in total. The Labute approximate surface area is 689 Å². The molecule has 16 N–H and O–H groups in total. The lowest BCUT2D eigenvalue weighted by atomic mass is 9.89. The van der Waals surface area contributed by atoms with E-state index in [9.17, 15) is 78.6 Å². The molecule has 2 heterocycles. The van der Waals surface area contributed by atoms with Gasteiger partial charge in [-0.1, -0.05) is 118 Å². The van der Waals surface area contributed by atoms with Crippen LogP contribution in [-0.4, -0.2) is 324 Å². The van der Waals surface area contributed by atoms with Crippen LogP contribution in [0.1, 0.15) is 152 Å². The molecule has 668 valence electrons. The van der Waals surface area contributed by atoms with Gasteiger partial charge in [0.2, 0.25) is 53.2 Å². The minimum absolute atomic E-state index is 0.0121. The fourth-order valence-corrected chi connectivity index (χ4v) is 14.0. The Bertz CT molecular complexity index is 3270. The number of carboxylic acids is 1. The number of aliphatic hydroxyl groups is 5. The van der Waals surface area contributed by atoms with Gasteiger partial charge in [0.15, 0.2) is 0 Å². The van der Waals surface area contributed by atoms with Crippen molar-refractivity contribution in [2.45, 2.75) is 251 Å². The average Bonchev–Trinajstić information content (AvgIpc) is 1.35. The minimum Gasteiger partial charge on any atom is -0.480 e. The molecule has 1 aromatic carbocycles. The quantitative estimate of drug-likeness (QED) is 0.0359. The normalized spacial score (nSPS) is 17.3. The predicted octanol–water partition coefficient (Wildman–Crippen LogP) is -0.838. The van der Waals surface area contributed by atoms with Crippen LogP contribution in [0.3, 0.4) is 0 Å². The highest BCUT2D eigenvalue weighted by atomic mass is 16.6. The van der Waals surface area contributed by atoms with Gasteiger partial charge in [0.05, 0.1) is 140 Å². The van der Waals surface area contributed by atoms with Crippen molar-refractivity contribution in [3.05, 3.63) is 47.8 Å². The van der Waals surface area contributed by atoms with Gasteiger partial charge in [-0.15, -0.1) is 5.10 Å². The molecule has 0 saturated carbocycles. The molecular weight excluding hydrogens is 1520 g/mol. The van der Waals surface area contributed by atoms with Gasteiger partial charge >= 0.3 is 5.97 Å². The number of nitrogens with one attached hydrogen (secondary N) is 6. The lowest BCUT2D eigenvalue weighted by molar-refractivity contribution is -0.148. The first-order valence-corrected chi connectivity index (χ1v) is 41.0. The second-order valence-electron chi connectivity index (χ2n) is 31.8. The highest BCUT2D eigenvalue weighted by Crippen LogP contribution is 2.30. The Morgan fingerprint density at radius 3 is 1.81 bits per heavy atom. The first-order chi connectivity index (χ1) is 55.4. The van der Waals surface area contributed by atoms with Gasteiger partial charge in [0.1, 0.15) is 54.2 Å². The van der Waals surface area contributed by atoms with Crippen molar-refractivity contribution in [3.63, 3.8) is 0 Å². The van der Waals surface area contributed by atoms with Gasteiger partial charge in [-0.3, -0.25) is 48.1 Å². The number of hydrogen-bond donors (Lipinski definition) is 14. The number of nitrogens with two attached hydrogens (primary N) is 2. The van der Waals surface area contributed by atoms with Crippen molar-refractivity contribution >= 4 is 59.1 Å². The van der Waals surface area contributed by atoms with E-state index in [0.717, 1.165) is 5.56 Å². The summed E-state index contributed by atoms with van der Waals surface area (Å²) in [5.74, 6) is -7.92. The van der Waals surface area contributed by atoms with Crippen LogP contribution in [0.4, 0.5) is 0 Å². The van der Waals surface area contributed by atoms with Crippen LogP contribution in [-0.2, 0) is 101 Å². The number of benzene rings is 1. The van der Waals surface area contributed by atoms with Crippen LogP contribution in [0.25, 0.3) is 0 Å². The Kier molecular flexibility index (Phi) is 49.1. The zero-order valence-corrected chi connectivity index (χ0v) is 71.4. The zero-order valence-electron chi connectivity index (χ0n) is 71.4. The number of aliphatic hydroxyl groups excluding tert-OH is 5. The molecule has 0 aliphatic carbocycles. The van der Waals surface area contributed by atoms with Gasteiger partial charge < -0.3 is 117 Å². The maximum absolute atomic E-state index is 14.8. The Hall–Kier alpha value is -7.50. The van der Waals surface area contributed by atoms with Crippen LogP contribution in [0, 0.1) is 35.5 Å². The molecule has 2 aromatic rings. The van der Waals surface area contributed by atoms with Crippen molar-refractivity contribution in [3.8, 4) is 0 Å². The monoisotopic (exact) mass is 1670 g/mol. The number of amides is 9. The standard InChI is InChI=1S/C80H140N14O23/c1-16-52(10)69(64(111-14)42-66(99)94-29-22-26-61(94)72(112-15)53(11)74(103)86-59(80(109)110)41-54-23-18-17-19-24-54)92(13)79(108)67(50(6)7)88-78(107)68(51(8)9)91(12)44-62(96)70(100)71(101)63(97)47-117-46-55-43-93(90-89-55)30-32-114-34-36-116-38-37-115-35-33-113-31-27-65(98)83-28-21-20-25-57(76(105)85-58(73(82)102)40-49(4)5)84-77(106)60(45-95)87-75(104)56(81)39-48(2)3/h17-19,23-24,43,48-53,56-64,67-72,95-97,100-101H,16,20-22,25-42,44-47,81H2,1-15H3,(H2,82,102)(H,83,98)(H,84,106)(H,85,105)(H,86,103)(H,87,104)(H,88,107)(H,109,110). The maximum atomic E-state index is 14.8. The summed E-state index contributed by atoms with van der Waals surface area (Å²) in [6.07, 6.45) is -3.85. The largest absolute Gasteiger partial charge is 0.480 e. The van der Waals surface area contributed by atoms with Crippen LogP contribution < -0.4 is 43.4 Å². The van der Waals surface area contributed by atoms with Gasteiger partial charge in [0.25, 0.3) is 0 Å². The van der Waals surface area contributed by atoms with Crippen molar-refractivity contribution in [1.29, 1.82) is 0 Å². The summed E-state index contributed by atoms with van der Waals surface area (Å²) in [4.78, 5) is 138. The number of aliphatic carboxylic acids is 1. The number of rotatable bonds is 62. The molecule has 37 heteroatoms. The number of ether oxygens (including phenoxy) is 7. The van der Waals surface area contributed by atoms with Crippen molar-refractivity contribution in [1.82, 2.24) is 61.6 Å². The number of carbonyl (C=O) groups excluding carboxylic acids is 9.